The molecule has 0 N–H and O–H groups in total. The molecular weight excluding hydrogens is 330 g/mol. The van der Waals surface area contributed by atoms with Crippen molar-refractivity contribution in [1.82, 2.24) is 4.90 Å². The molecule has 1 saturated heterocycles. The first-order valence-corrected chi connectivity index (χ1v) is 9.56. The number of nitrogens with zero attached hydrogens (tertiary/aromatic N) is 1. The lowest BCUT2D eigenvalue weighted by Crippen LogP contribution is -2.32. The van der Waals surface area contributed by atoms with Crippen LogP contribution in [0.3, 0.4) is 0 Å². The monoisotopic (exact) mass is 343 g/mol. The Morgan fingerprint density at radius 3 is 2.90 bits per heavy atom. The van der Waals surface area contributed by atoms with Crippen molar-refractivity contribution in [2.75, 3.05) is 18.8 Å². The molecule has 2 aromatic rings. The summed E-state index contributed by atoms with van der Waals surface area (Å²) >= 11 is 11.0. The molecular formula is C14H14ClNOS3. The van der Waals surface area contributed by atoms with Crippen LogP contribution in [0, 0.1) is 0 Å². The van der Waals surface area contributed by atoms with Gasteiger partial charge in [-0.05, 0) is 30.0 Å². The van der Waals surface area contributed by atoms with E-state index in [2.05, 4.69) is 17.5 Å². The standard InChI is InChI=1S/C14H14ClNOS3/c15-13-4-3-12(20-13)14(17)16-6-5-11(19-9-7-16)10-2-1-8-18-10/h1-4,8,11H,5-7,9H2. The zero-order valence-electron chi connectivity index (χ0n) is 10.8. The Kier molecular flexibility index (Phi) is 4.71. The number of amides is 1. The lowest BCUT2D eigenvalue weighted by atomic mass is 10.2. The van der Waals surface area contributed by atoms with Crippen molar-refractivity contribution in [3.63, 3.8) is 0 Å². The van der Waals surface area contributed by atoms with Crippen LogP contribution in [-0.4, -0.2) is 29.6 Å². The zero-order chi connectivity index (χ0) is 13.9. The summed E-state index contributed by atoms with van der Waals surface area (Å²) in [5, 5.41) is 2.65. The van der Waals surface area contributed by atoms with Gasteiger partial charge in [-0.3, -0.25) is 4.79 Å². The highest BCUT2D eigenvalue weighted by atomic mass is 35.5. The summed E-state index contributed by atoms with van der Waals surface area (Å²) < 4.78 is 0.675. The van der Waals surface area contributed by atoms with Crippen LogP contribution in [0.15, 0.2) is 29.6 Å². The third-order valence-corrected chi connectivity index (χ3v) is 6.94. The van der Waals surface area contributed by atoms with Crippen LogP contribution >= 0.6 is 46.0 Å². The van der Waals surface area contributed by atoms with E-state index in [1.807, 2.05) is 34.1 Å². The highest BCUT2D eigenvalue weighted by molar-refractivity contribution is 7.99. The molecule has 2 aromatic heterocycles. The maximum atomic E-state index is 12.4. The fourth-order valence-corrected chi connectivity index (χ4v) is 5.51. The minimum atomic E-state index is 0.120. The van der Waals surface area contributed by atoms with Gasteiger partial charge in [0, 0.05) is 29.0 Å². The number of thiophene rings is 2. The average molecular weight is 344 g/mol. The van der Waals surface area contributed by atoms with Gasteiger partial charge in [-0.2, -0.15) is 11.8 Å². The quantitative estimate of drug-likeness (QED) is 0.781. The summed E-state index contributed by atoms with van der Waals surface area (Å²) in [6.45, 7) is 1.64. The molecule has 106 valence electrons. The van der Waals surface area contributed by atoms with Gasteiger partial charge in [0.1, 0.15) is 0 Å². The third-order valence-electron chi connectivity index (χ3n) is 3.27. The van der Waals surface area contributed by atoms with E-state index in [-0.39, 0.29) is 5.91 Å². The molecule has 1 aliphatic rings. The second-order valence-corrected chi connectivity index (χ2v) is 8.56. The number of hydrogen-bond donors (Lipinski definition) is 0. The first-order valence-electron chi connectivity index (χ1n) is 6.43. The van der Waals surface area contributed by atoms with Gasteiger partial charge in [0.25, 0.3) is 5.91 Å². The molecule has 1 atom stereocenters. The van der Waals surface area contributed by atoms with Crippen molar-refractivity contribution in [2.24, 2.45) is 0 Å². The molecule has 1 aliphatic heterocycles. The molecule has 0 bridgehead atoms. The number of carbonyl (C=O) groups is 1. The number of carbonyl (C=O) groups excluding carboxylic acids is 1. The number of rotatable bonds is 2. The van der Waals surface area contributed by atoms with Crippen molar-refractivity contribution < 1.29 is 4.79 Å². The topological polar surface area (TPSA) is 20.3 Å². The van der Waals surface area contributed by atoms with Crippen molar-refractivity contribution >= 4 is 51.9 Å². The average Bonchev–Trinajstić information content (AvgIpc) is 3.05. The zero-order valence-corrected chi connectivity index (χ0v) is 14.0. The minimum Gasteiger partial charge on any atom is -0.337 e. The minimum absolute atomic E-state index is 0.120. The summed E-state index contributed by atoms with van der Waals surface area (Å²) in [4.78, 5) is 16.6. The maximum Gasteiger partial charge on any atom is 0.264 e. The van der Waals surface area contributed by atoms with Gasteiger partial charge in [-0.15, -0.1) is 22.7 Å². The van der Waals surface area contributed by atoms with Crippen LogP contribution in [0.1, 0.15) is 26.2 Å². The van der Waals surface area contributed by atoms with E-state index in [1.165, 1.54) is 16.2 Å². The van der Waals surface area contributed by atoms with E-state index in [4.69, 9.17) is 11.6 Å². The summed E-state index contributed by atoms with van der Waals surface area (Å²) in [5.41, 5.74) is 0. The van der Waals surface area contributed by atoms with E-state index in [9.17, 15) is 4.79 Å². The Morgan fingerprint density at radius 1 is 1.30 bits per heavy atom. The van der Waals surface area contributed by atoms with Crippen LogP contribution in [0.4, 0.5) is 0 Å². The molecule has 0 saturated carbocycles. The SMILES string of the molecule is O=C(c1ccc(Cl)s1)N1CCSC(c2cccs2)CC1. The van der Waals surface area contributed by atoms with Crippen LogP contribution in [0.5, 0.6) is 0 Å². The van der Waals surface area contributed by atoms with Crippen LogP contribution in [0.25, 0.3) is 0 Å². The second-order valence-electron chi connectivity index (χ2n) is 4.56. The lowest BCUT2D eigenvalue weighted by molar-refractivity contribution is 0.0771. The molecule has 0 spiro atoms. The second kappa shape index (κ2) is 6.52. The van der Waals surface area contributed by atoms with E-state index < -0.39 is 0 Å². The molecule has 3 heterocycles. The van der Waals surface area contributed by atoms with Gasteiger partial charge in [0.05, 0.1) is 9.21 Å². The highest BCUT2D eigenvalue weighted by Gasteiger charge is 2.24. The Bertz CT molecular complexity index is 581. The molecule has 1 fully saturated rings. The summed E-state index contributed by atoms with van der Waals surface area (Å²) in [5.74, 6) is 1.11. The van der Waals surface area contributed by atoms with Crippen LogP contribution in [-0.2, 0) is 0 Å². The van der Waals surface area contributed by atoms with E-state index in [0.29, 0.717) is 9.59 Å². The highest BCUT2D eigenvalue weighted by Crippen LogP contribution is 2.37. The largest absolute Gasteiger partial charge is 0.337 e. The van der Waals surface area contributed by atoms with Crippen LogP contribution < -0.4 is 0 Å². The fourth-order valence-electron chi connectivity index (χ4n) is 2.26. The van der Waals surface area contributed by atoms with E-state index >= 15 is 0 Å². The summed E-state index contributed by atoms with van der Waals surface area (Å²) in [6, 6.07) is 7.91. The van der Waals surface area contributed by atoms with Gasteiger partial charge in [-0.25, -0.2) is 0 Å². The van der Waals surface area contributed by atoms with Crippen molar-refractivity contribution in [3.8, 4) is 0 Å². The van der Waals surface area contributed by atoms with Crippen molar-refractivity contribution in [1.29, 1.82) is 0 Å². The van der Waals surface area contributed by atoms with Crippen molar-refractivity contribution in [3.05, 3.63) is 43.7 Å². The molecule has 0 aliphatic carbocycles. The first-order chi connectivity index (χ1) is 9.74. The first kappa shape index (κ1) is 14.4. The Hall–Kier alpha value is -0.490. The fraction of sp³-hybridized carbons (Fsp3) is 0.357. The van der Waals surface area contributed by atoms with E-state index in [1.54, 1.807) is 6.07 Å². The third kappa shape index (κ3) is 3.22. The molecule has 1 amide bonds. The Morgan fingerprint density at radius 2 is 2.20 bits per heavy atom. The molecule has 20 heavy (non-hydrogen) atoms. The smallest absolute Gasteiger partial charge is 0.264 e. The predicted octanol–water partition coefficient (Wildman–Crippen LogP) is 4.78. The molecule has 3 rings (SSSR count). The molecule has 1 unspecified atom stereocenters. The Labute approximate surface area is 135 Å². The van der Waals surface area contributed by atoms with E-state index in [0.717, 1.165) is 30.1 Å². The Balaban J connectivity index is 1.66. The predicted molar refractivity (Wildman–Crippen MR) is 89.4 cm³/mol. The van der Waals surface area contributed by atoms with Gasteiger partial charge >= 0.3 is 0 Å². The lowest BCUT2D eigenvalue weighted by Gasteiger charge is -2.19. The normalized spacial score (nSPS) is 19.9. The van der Waals surface area contributed by atoms with Gasteiger partial charge in [-0.1, -0.05) is 17.7 Å². The molecule has 6 heteroatoms. The van der Waals surface area contributed by atoms with Gasteiger partial charge in [0.15, 0.2) is 0 Å². The molecule has 0 radical (unpaired) electrons. The van der Waals surface area contributed by atoms with Crippen LogP contribution in [0.2, 0.25) is 4.34 Å². The van der Waals surface area contributed by atoms with Gasteiger partial charge < -0.3 is 4.90 Å². The van der Waals surface area contributed by atoms with Gasteiger partial charge in [0.2, 0.25) is 0 Å². The summed E-state index contributed by atoms with van der Waals surface area (Å²) in [7, 11) is 0. The number of hydrogen-bond acceptors (Lipinski definition) is 4. The maximum absolute atomic E-state index is 12.4. The van der Waals surface area contributed by atoms with Crippen molar-refractivity contribution in [2.45, 2.75) is 11.7 Å². The summed E-state index contributed by atoms with van der Waals surface area (Å²) in [6.07, 6.45) is 1.02. The number of thioether (sulfide) groups is 1. The molecule has 0 aromatic carbocycles. The molecule has 2 nitrogen and oxygen atoms in total. The number of halogens is 1.